The van der Waals surface area contributed by atoms with Gasteiger partial charge in [-0.25, -0.2) is 9.79 Å². The second kappa shape index (κ2) is 8.49. The van der Waals surface area contributed by atoms with E-state index >= 15 is 0 Å². The van der Waals surface area contributed by atoms with E-state index in [1.165, 1.54) is 0 Å². The number of nitrogens with zero attached hydrogens (tertiary/aromatic N) is 1. The van der Waals surface area contributed by atoms with Crippen LogP contribution in [-0.2, 0) is 9.53 Å². The number of ether oxygens (including phenoxy) is 5. The van der Waals surface area contributed by atoms with Gasteiger partial charge in [-0.05, 0) is 54.3 Å². The maximum atomic E-state index is 12.3. The second-order valence-electron chi connectivity index (χ2n) is 7.35. The average molecular weight is 409 g/mol. The molecule has 0 amide bonds. The van der Waals surface area contributed by atoms with Gasteiger partial charge in [0.25, 0.3) is 0 Å². The molecule has 0 saturated heterocycles. The number of benzene rings is 2. The molecule has 0 N–H and O–H groups in total. The summed E-state index contributed by atoms with van der Waals surface area (Å²) in [5.74, 6) is 2.79. The molecule has 2 aromatic rings. The molecule has 0 unspecified atom stereocenters. The zero-order chi connectivity index (χ0) is 21.1. The van der Waals surface area contributed by atoms with E-state index in [9.17, 15) is 4.79 Å². The van der Waals surface area contributed by atoms with Crippen molar-refractivity contribution in [1.29, 1.82) is 0 Å². The Kier molecular flexibility index (Phi) is 5.61. The fourth-order valence-electron chi connectivity index (χ4n) is 3.02. The third-order valence-corrected chi connectivity index (χ3v) is 4.68. The van der Waals surface area contributed by atoms with Gasteiger partial charge in [0.15, 0.2) is 28.7 Å². The normalized spacial score (nSPS) is 16.1. The number of cyclic esters (lactones) is 1. The monoisotopic (exact) mass is 409 g/mol. The molecule has 0 bridgehead atoms. The molecule has 30 heavy (non-hydrogen) atoms. The first-order valence-corrected chi connectivity index (χ1v) is 9.77. The van der Waals surface area contributed by atoms with Crippen molar-refractivity contribution in [2.75, 3.05) is 20.5 Å². The van der Waals surface area contributed by atoms with Crippen LogP contribution >= 0.6 is 0 Å². The predicted molar refractivity (Wildman–Crippen MR) is 111 cm³/mol. The van der Waals surface area contributed by atoms with Crippen LogP contribution in [0.1, 0.15) is 31.4 Å². The first kappa shape index (κ1) is 19.8. The Morgan fingerprint density at radius 2 is 1.93 bits per heavy atom. The highest BCUT2D eigenvalue weighted by Crippen LogP contribution is 2.34. The summed E-state index contributed by atoms with van der Waals surface area (Å²) in [6.45, 7) is 5.09. The van der Waals surface area contributed by atoms with Crippen LogP contribution in [0.2, 0.25) is 0 Å². The average Bonchev–Trinajstić information content (AvgIpc) is 3.34. The summed E-state index contributed by atoms with van der Waals surface area (Å²) in [6.07, 6.45) is 2.61. The van der Waals surface area contributed by atoms with Gasteiger partial charge in [0, 0.05) is 5.56 Å². The number of hydrogen-bond acceptors (Lipinski definition) is 7. The minimum absolute atomic E-state index is 0.176. The van der Waals surface area contributed by atoms with E-state index in [0.717, 1.165) is 12.0 Å². The predicted octanol–water partition coefficient (Wildman–Crippen LogP) is 4.19. The van der Waals surface area contributed by atoms with Crippen molar-refractivity contribution in [3.63, 3.8) is 0 Å². The van der Waals surface area contributed by atoms with E-state index in [0.29, 0.717) is 41.1 Å². The van der Waals surface area contributed by atoms with Gasteiger partial charge >= 0.3 is 5.97 Å². The lowest BCUT2D eigenvalue weighted by atomic mass is 10.1. The first-order valence-electron chi connectivity index (χ1n) is 9.77. The summed E-state index contributed by atoms with van der Waals surface area (Å²) in [4.78, 5) is 16.7. The molecule has 7 nitrogen and oxygen atoms in total. The number of rotatable bonds is 7. The molecule has 2 aliphatic rings. The molecule has 0 aliphatic carbocycles. The first-order chi connectivity index (χ1) is 14.5. The SMILES string of the molecule is COc1cc(/C=C2\N=C(c3ccc4c(c3)OCO4)OC2=O)ccc1OCCC(C)C. The van der Waals surface area contributed by atoms with Crippen molar-refractivity contribution in [2.45, 2.75) is 20.3 Å². The molecular weight excluding hydrogens is 386 g/mol. The maximum absolute atomic E-state index is 12.3. The molecule has 2 heterocycles. The fourth-order valence-corrected chi connectivity index (χ4v) is 3.02. The van der Waals surface area contributed by atoms with Crippen LogP contribution in [0.4, 0.5) is 0 Å². The summed E-state index contributed by atoms with van der Waals surface area (Å²) in [5.41, 5.74) is 1.60. The highest BCUT2D eigenvalue weighted by Gasteiger charge is 2.26. The smallest absolute Gasteiger partial charge is 0.363 e. The van der Waals surface area contributed by atoms with E-state index in [1.807, 2.05) is 12.1 Å². The van der Waals surface area contributed by atoms with Crippen LogP contribution in [-0.4, -0.2) is 32.4 Å². The summed E-state index contributed by atoms with van der Waals surface area (Å²) in [5, 5.41) is 0. The van der Waals surface area contributed by atoms with Gasteiger partial charge in [-0.15, -0.1) is 0 Å². The van der Waals surface area contributed by atoms with Crippen LogP contribution < -0.4 is 18.9 Å². The van der Waals surface area contributed by atoms with Gasteiger partial charge < -0.3 is 23.7 Å². The molecule has 4 rings (SSSR count). The zero-order valence-electron chi connectivity index (χ0n) is 17.1. The number of methoxy groups -OCH3 is 1. The summed E-state index contributed by atoms with van der Waals surface area (Å²) in [7, 11) is 1.58. The topological polar surface area (TPSA) is 75.6 Å². The molecular formula is C23H23NO6. The van der Waals surface area contributed by atoms with Crippen LogP contribution in [0.15, 0.2) is 47.1 Å². The number of hydrogen-bond donors (Lipinski definition) is 0. The summed E-state index contributed by atoms with van der Waals surface area (Å²) < 4.78 is 27.3. The molecule has 0 saturated carbocycles. The molecule has 156 valence electrons. The Bertz CT molecular complexity index is 1020. The second-order valence-corrected chi connectivity index (χ2v) is 7.35. The molecule has 2 aliphatic heterocycles. The molecule has 7 heteroatoms. The van der Waals surface area contributed by atoms with Crippen molar-refractivity contribution >= 4 is 17.9 Å². The fraction of sp³-hybridized carbons (Fsp3) is 0.304. The molecule has 0 aromatic heterocycles. The Morgan fingerprint density at radius 3 is 2.73 bits per heavy atom. The number of esters is 1. The van der Waals surface area contributed by atoms with E-state index in [2.05, 4.69) is 18.8 Å². The minimum atomic E-state index is -0.515. The van der Waals surface area contributed by atoms with E-state index in [4.69, 9.17) is 23.7 Å². The number of carbonyl (C=O) groups is 1. The van der Waals surface area contributed by atoms with E-state index in [1.54, 1.807) is 37.5 Å². The molecule has 0 atom stereocenters. The van der Waals surface area contributed by atoms with Gasteiger partial charge in [-0.3, -0.25) is 0 Å². The Morgan fingerprint density at radius 1 is 1.10 bits per heavy atom. The Labute approximate surface area is 174 Å². The number of fused-ring (bicyclic) bond motifs is 1. The van der Waals surface area contributed by atoms with Crippen LogP contribution in [0, 0.1) is 5.92 Å². The highest BCUT2D eigenvalue weighted by molar-refractivity contribution is 6.13. The van der Waals surface area contributed by atoms with Crippen molar-refractivity contribution in [1.82, 2.24) is 0 Å². The third-order valence-electron chi connectivity index (χ3n) is 4.68. The van der Waals surface area contributed by atoms with Crippen LogP contribution in [0.3, 0.4) is 0 Å². The lowest BCUT2D eigenvalue weighted by Gasteiger charge is -2.12. The van der Waals surface area contributed by atoms with Gasteiger partial charge in [0.1, 0.15) is 0 Å². The molecule has 2 aromatic carbocycles. The molecule has 0 fully saturated rings. The quantitative estimate of drug-likeness (QED) is 0.504. The van der Waals surface area contributed by atoms with E-state index in [-0.39, 0.29) is 18.4 Å². The Hall–Kier alpha value is -3.48. The van der Waals surface area contributed by atoms with Crippen molar-refractivity contribution in [3.8, 4) is 23.0 Å². The van der Waals surface area contributed by atoms with Gasteiger partial charge in [0.05, 0.1) is 13.7 Å². The molecule has 0 radical (unpaired) electrons. The lowest BCUT2D eigenvalue weighted by molar-refractivity contribution is -0.129. The maximum Gasteiger partial charge on any atom is 0.363 e. The third kappa shape index (κ3) is 4.25. The van der Waals surface area contributed by atoms with Crippen LogP contribution in [0.5, 0.6) is 23.0 Å². The highest BCUT2D eigenvalue weighted by atomic mass is 16.7. The van der Waals surface area contributed by atoms with Crippen LogP contribution in [0.25, 0.3) is 6.08 Å². The van der Waals surface area contributed by atoms with Gasteiger partial charge in [-0.2, -0.15) is 0 Å². The van der Waals surface area contributed by atoms with E-state index < -0.39 is 5.97 Å². The Balaban J connectivity index is 1.54. The van der Waals surface area contributed by atoms with Crippen molar-refractivity contribution in [2.24, 2.45) is 10.9 Å². The number of carbonyl (C=O) groups excluding carboxylic acids is 1. The largest absolute Gasteiger partial charge is 0.493 e. The van der Waals surface area contributed by atoms with Crippen molar-refractivity contribution < 1.29 is 28.5 Å². The standard InChI is InChI=1S/C23H23NO6/c1-14(2)8-9-27-18-6-4-15(11-20(18)26-3)10-17-23(25)30-22(24-17)16-5-7-19-21(12-16)29-13-28-19/h4-7,10-12,14H,8-9,13H2,1-3H3/b17-10-. The summed E-state index contributed by atoms with van der Waals surface area (Å²) >= 11 is 0. The van der Waals surface area contributed by atoms with Crippen molar-refractivity contribution in [3.05, 3.63) is 53.2 Å². The minimum Gasteiger partial charge on any atom is -0.493 e. The molecule has 0 spiro atoms. The zero-order valence-corrected chi connectivity index (χ0v) is 17.1. The summed E-state index contributed by atoms with van der Waals surface area (Å²) in [6, 6.07) is 10.8. The van der Waals surface area contributed by atoms with Gasteiger partial charge in [-0.1, -0.05) is 19.9 Å². The van der Waals surface area contributed by atoms with Gasteiger partial charge in [0.2, 0.25) is 12.7 Å². The number of aliphatic imine (C=N–C) groups is 1. The lowest BCUT2D eigenvalue weighted by Crippen LogP contribution is -2.05.